The Morgan fingerprint density at radius 2 is 1.86 bits per heavy atom. The Labute approximate surface area is 265 Å². The van der Waals surface area contributed by atoms with Gasteiger partial charge in [0, 0.05) is 11.1 Å². The van der Waals surface area contributed by atoms with Crippen LogP contribution in [-0.4, -0.2) is 69.2 Å². The molecule has 2 aliphatic heterocycles. The molecule has 3 aromatic rings. The van der Waals surface area contributed by atoms with Gasteiger partial charge < -0.3 is 20.2 Å². The molecule has 0 aliphatic carbocycles. The zero-order chi connectivity index (χ0) is 31.1. The molecule has 2 aliphatic rings. The SMILES string of the molecule is C=CC1=C(C(=O)OC(c2ccccc2)c2ccccc2)N2C(=O)C(NC(=O)C(=NOCSC)c3csc(NC=O)n3)[C@H]2SC1. The van der Waals surface area contributed by atoms with Crippen molar-refractivity contribution in [2.45, 2.75) is 17.5 Å². The summed E-state index contributed by atoms with van der Waals surface area (Å²) in [5.41, 5.74) is 2.22. The molecular formula is C30H27N5O6S3. The normalized spacial score (nSPS) is 17.8. The van der Waals surface area contributed by atoms with Gasteiger partial charge in [-0.25, -0.2) is 9.78 Å². The standard InChI is InChI=1S/C30H27N5O6S3/c1-3-18-14-43-28-23(33-26(37)22(34-40-17-42-2)21-15-44-30(32-21)31-16-36)27(38)35(28)24(18)29(39)41-25(19-10-6-4-7-11-19)20-12-8-5-9-13-20/h3-13,15-16,23,25,28H,1,14,17H2,2H3,(H,33,37)(H,31,32,36)/t23?,28-/m1/s1. The van der Waals surface area contributed by atoms with E-state index in [2.05, 4.69) is 27.4 Å². The number of thiazole rings is 1. The molecule has 11 nitrogen and oxygen atoms in total. The van der Waals surface area contributed by atoms with Gasteiger partial charge in [0.2, 0.25) is 6.41 Å². The summed E-state index contributed by atoms with van der Waals surface area (Å²) in [5.74, 6) is -1.29. The van der Waals surface area contributed by atoms with E-state index in [0.717, 1.165) is 22.5 Å². The Bertz CT molecular complexity index is 1570. The summed E-state index contributed by atoms with van der Waals surface area (Å²) in [4.78, 5) is 62.3. The van der Waals surface area contributed by atoms with Crippen LogP contribution in [0.2, 0.25) is 0 Å². The van der Waals surface area contributed by atoms with Crippen molar-refractivity contribution in [1.82, 2.24) is 15.2 Å². The van der Waals surface area contributed by atoms with Crippen LogP contribution in [-0.2, 0) is 28.8 Å². The van der Waals surface area contributed by atoms with Gasteiger partial charge in [-0.05, 0) is 23.0 Å². The number of rotatable bonds is 13. The monoisotopic (exact) mass is 649 g/mol. The first-order valence-electron chi connectivity index (χ1n) is 13.2. The Balaban J connectivity index is 1.36. The number of thioether (sulfide) groups is 2. The number of fused-ring (bicyclic) bond motifs is 1. The fourth-order valence-corrected chi connectivity index (χ4v) is 6.75. The summed E-state index contributed by atoms with van der Waals surface area (Å²) < 4.78 is 6.07. The number of esters is 1. The van der Waals surface area contributed by atoms with Gasteiger partial charge in [0.05, 0.1) is 0 Å². The number of ether oxygens (including phenoxy) is 1. The first-order chi connectivity index (χ1) is 21.5. The second-order valence-corrected chi connectivity index (χ2v) is 12.1. The molecule has 2 aromatic carbocycles. The summed E-state index contributed by atoms with van der Waals surface area (Å²) in [6.45, 7) is 3.85. The lowest BCUT2D eigenvalue weighted by Crippen LogP contribution is -2.71. The molecule has 44 heavy (non-hydrogen) atoms. The van der Waals surface area contributed by atoms with Gasteiger partial charge in [-0.15, -0.1) is 34.9 Å². The Morgan fingerprint density at radius 1 is 1.18 bits per heavy atom. The Morgan fingerprint density at radius 3 is 2.48 bits per heavy atom. The third kappa shape index (κ3) is 6.56. The highest BCUT2D eigenvalue weighted by molar-refractivity contribution is 8.00. The van der Waals surface area contributed by atoms with Crippen LogP contribution >= 0.6 is 34.9 Å². The van der Waals surface area contributed by atoms with E-state index in [-0.39, 0.29) is 28.2 Å². The average molecular weight is 650 g/mol. The molecule has 0 spiro atoms. The van der Waals surface area contributed by atoms with E-state index < -0.39 is 35.3 Å². The zero-order valence-corrected chi connectivity index (χ0v) is 25.8. The largest absolute Gasteiger partial charge is 0.448 e. The van der Waals surface area contributed by atoms with Crippen LogP contribution in [0.5, 0.6) is 0 Å². The number of carbonyl (C=O) groups is 4. The zero-order valence-electron chi connectivity index (χ0n) is 23.4. The van der Waals surface area contributed by atoms with Gasteiger partial charge in [-0.2, -0.15) is 0 Å². The minimum absolute atomic E-state index is 0.0948. The van der Waals surface area contributed by atoms with Gasteiger partial charge in [-0.1, -0.05) is 78.5 Å². The molecule has 1 saturated heterocycles. The smallest absolute Gasteiger partial charge is 0.356 e. The van der Waals surface area contributed by atoms with E-state index in [4.69, 9.17) is 9.57 Å². The second-order valence-electron chi connectivity index (χ2n) is 9.32. The van der Waals surface area contributed by atoms with Crippen molar-refractivity contribution in [3.8, 4) is 0 Å². The number of hydrogen-bond acceptors (Lipinski definition) is 11. The summed E-state index contributed by atoms with van der Waals surface area (Å²) in [6, 6.07) is 17.7. The van der Waals surface area contributed by atoms with Crippen molar-refractivity contribution in [2.75, 3.05) is 23.3 Å². The van der Waals surface area contributed by atoms with Crippen molar-refractivity contribution in [1.29, 1.82) is 0 Å². The molecule has 5 rings (SSSR count). The van der Waals surface area contributed by atoms with E-state index in [0.29, 0.717) is 17.7 Å². The number of allylic oxidation sites excluding steroid dienone is 1. The number of oxime groups is 1. The molecule has 3 amide bonds. The third-order valence-corrected chi connectivity index (χ3v) is 9.04. The van der Waals surface area contributed by atoms with Gasteiger partial charge >= 0.3 is 5.97 Å². The predicted octanol–water partition coefficient (Wildman–Crippen LogP) is 3.93. The maximum atomic E-state index is 13.8. The number of anilines is 1. The number of nitrogens with zero attached hydrogens (tertiary/aromatic N) is 3. The van der Waals surface area contributed by atoms with E-state index in [9.17, 15) is 19.2 Å². The van der Waals surface area contributed by atoms with E-state index >= 15 is 0 Å². The Hall–Kier alpha value is -4.40. The van der Waals surface area contributed by atoms with Gasteiger partial charge in [0.15, 0.2) is 22.9 Å². The van der Waals surface area contributed by atoms with Crippen molar-refractivity contribution in [2.24, 2.45) is 5.16 Å². The lowest BCUT2D eigenvalue weighted by Gasteiger charge is -2.49. The van der Waals surface area contributed by atoms with Gasteiger partial charge in [-0.3, -0.25) is 19.3 Å². The highest BCUT2D eigenvalue weighted by Gasteiger charge is 2.54. The van der Waals surface area contributed by atoms with Crippen LogP contribution in [0.4, 0.5) is 5.13 Å². The number of benzene rings is 2. The van der Waals surface area contributed by atoms with Crippen LogP contribution in [0.25, 0.3) is 0 Å². The molecule has 0 bridgehead atoms. The molecule has 1 aromatic heterocycles. The van der Waals surface area contributed by atoms with Gasteiger partial charge in [0.25, 0.3) is 11.8 Å². The quantitative estimate of drug-likeness (QED) is 0.0537. The van der Waals surface area contributed by atoms with Crippen LogP contribution in [0.15, 0.2) is 95.1 Å². The van der Waals surface area contributed by atoms with E-state index in [1.807, 2.05) is 66.9 Å². The maximum absolute atomic E-state index is 13.8. The fraction of sp³-hybridized carbons (Fsp3) is 0.200. The first-order valence-corrected chi connectivity index (χ1v) is 16.6. The lowest BCUT2D eigenvalue weighted by atomic mass is 10.0. The Kier molecular flexibility index (Phi) is 10.1. The minimum atomic E-state index is -0.947. The van der Waals surface area contributed by atoms with Crippen LogP contribution in [0.1, 0.15) is 22.9 Å². The van der Waals surface area contributed by atoms with Crippen LogP contribution < -0.4 is 10.6 Å². The molecule has 1 fully saturated rings. The molecule has 0 radical (unpaired) electrons. The molecule has 3 heterocycles. The van der Waals surface area contributed by atoms with E-state index in [1.54, 1.807) is 11.5 Å². The van der Waals surface area contributed by atoms with E-state index in [1.165, 1.54) is 28.4 Å². The summed E-state index contributed by atoms with van der Waals surface area (Å²) in [7, 11) is 0. The minimum Gasteiger partial charge on any atom is -0.448 e. The molecule has 0 saturated carbocycles. The number of hydrogen-bond donors (Lipinski definition) is 2. The first kappa shape index (κ1) is 31.0. The lowest BCUT2D eigenvalue weighted by molar-refractivity contribution is -0.154. The molecule has 2 atom stereocenters. The molecular weight excluding hydrogens is 623 g/mol. The fourth-order valence-electron chi connectivity index (χ4n) is 4.59. The van der Waals surface area contributed by atoms with Crippen molar-refractivity contribution in [3.05, 3.63) is 107 Å². The molecule has 1 unspecified atom stereocenters. The van der Waals surface area contributed by atoms with Crippen molar-refractivity contribution in [3.63, 3.8) is 0 Å². The number of amides is 3. The topological polar surface area (TPSA) is 139 Å². The number of β-lactam (4-membered cyclic amide) rings is 1. The predicted molar refractivity (Wildman–Crippen MR) is 171 cm³/mol. The maximum Gasteiger partial charge on any atom is 0.356 e. The highest BCUT2D eigenvalue weighted by Crippen LogP contribution is 2.42. The molecule has 226 valence electrons. The van der Waals surface area contributed by atoms with Gasteiger partial charge in [0.1, 0.15) is 22.8 Å². The third-order valence-electron chi connectivity index (χ3n) is 6.62. The van der Waals surface area contributed by atoms with Crippen molar-refractivity contribution < 1.29 is 28.8 Å². The van der Waals surface area contributed by atoms with Crippen LogP contribution in [0, 0.1) is 0 Å². The summed E-state index contributed by atoms with van der Waals surface area (Å²) in [5, 5.41) is 10.3. The van der Waals surface area contributed by atoms with Crippen molar-refractivity contribution >= 4 is 69.9 Å². The number of carbonyl (C=O) groups excluding carboxylic acids is 4. The summed E-state index contributed by atoms with van der Waals surface area (Å²) in [6.07, 6.45) is 3.11. The summed E-state index contributed by atoms with van der Waals surface area (Å²) >= 11 is 3.85. The average Bonchev–Trinajstić information content (AvgIpc) is 3.52. The van der Waals surface area contributed by atoms with Crippen LogP contribution in [0.3, 0.4) is 0 Å². The molecule has 14 heteroatoms. The highest BCUT2D eigenvalue weighted by atomic mass is 32.2. The molecule has 2 N–H and O–H groups in total. The number of aromatic nitrogens is 1. The number of nitrogens with one attached hydrogen (secondary N) is 2. The second kappa shape index (κ2) is 14.4.